The fraction of sp³-hybridized carbons (Fsp3) is 0.133. The maximum absolute atomic E-state index is 11.3. The van der Waals surface area contributed by atoms with Crippen molar-refractivity contribution in [2.24, 2.45) is 0 Å². The summed E-state index contributed by atoms with van der Waals surface area (Å²) in [6, 6.07) is 14.9. The fourth-order valence-corrected chi connectivity index (χ4v) is 1.74. The number of carbonyl (C=O) groups is 1. The Hall–Kier alpha value is -1.80. The van der Waals surface area contributed by atoms with Crippen molar-refractivity contribution in [2.75, 3.05) is 0 Å². The summed E-state index contributed by atoms with van der Waals surface area (Å²) in [7, 11) is 0. The Labute approximate surface area is 111 Å². The van der Waals surface area contributed by atoms with Gasteiger partial charge in [-0.1, -0.05) is 41.9 Å². The second kappa shape index (κ2) is 5.69. The maximum Gasteiger partial charge on any atom is 0.159 e. The molecule has 0 unspecified atom stereocenters. The molecule has 0 bridgehead atoms. The van der Waals surface area contributed by atoms with E-state index in [9.17, 15) is 4.79 Å². The second-order valence-electron chi connectivity index (χ2n) is 3.98. The van der Waals surface area contributed by atoms with Gasteiger partial charge in [0.15, 0.2) is 5.78 Å². The molecule has 2 aromatic carbocycles. The molecule has 2 rings (SSSR count). The number of hydrogen-bond acceptors (Lipinski definition) is 2. The summed E-state index contributed by atoms with van der Waals surface area (Å²) >= 11 is 6.03. The van der Waals surface area contributed by atoms with Gasteiger partial charge in [0, 0.05) is 5.56 Å². The molecule has 2 aromatic rings. The Bertz CT molecular complexity index is 550. The van der Waals surface area contributed by atoms with Gasteiger partial charge in [-0.3, -0.25) is 4.79 Å². The van der Waals surface area contributed by atoms with Crippen LogP contribution in [0.15, 0.2) is 48.5 Å². The molecule has 0 amide bonds. The van der Waals surface area contributed by atoms with Gasteiger partial charge >= 0.3 is 0 Å². The number of carbonyl (C=O) groups excluding carboxylic acids is 1. The molecule has 0 aromatic heterocycles. The van der Waals surface area contributed by atoms with E-state index in [0.29, 0.717) is 22.9 Å². The number of rotatable bonds is 4. The lowest BCUT2D eigenvalue weighted by atomic mass is 10.1. The third-order valence-electron chi connectivity index (χ3n) is 2.57. The van der Waals surface area contributed by atoms with Crippen LogP contribution in [0.25, 0.3) is 0 Å². The number of benzene rings is 2. The van der Waals surface area contributed by atoms with Crippen molar-refractivity contribution in [3.05, 3.63) is 64.7 Å². The third kappa shape index (κ3) is 3.11. The maximum atomic E-state index is 11.3. The first-order valence-electron chi connectivity index (χ1n) is 5.64. The number of ketones is 1. The van der Waals surface area contributed by atoms with Crippen LogP contribution in [0.5, 0.6) is 5.75 Å². The van der Waals surface area contributed by atoms with E-state index in [4.69, 9.17) is 16.3 Å². The lowest BCUT2D eigenvalue weighted by Crippen LogP contribution is -1.98. The molecule has 0 aliphatic rings. The molecule has 0 heterocycles. The van der Waals surface area contributed by atoms with Crippen molar-refractivity contribution in [3.63, 3.8) is 0 Å². The van der Waals surface area contributed by atoms with Crippen LogP contribution in [-0.4, -0.2) is 5.78 Å². The number of hydrogen-bond donors (Lipinski definition) is 0. The van der Waals surface area contributed by atoms with Crippen molar-refractivity contribution in [2.45, 2.75) is 13.5 Å². The van der Waals surface area contributed by atoms with Crippen LogP contribution in [0.2, 0.25) is 5.02 Å². The van der Waals surface area contributed by atoms with Crippen molar-refractivity contribution < 1.29 is 9.53 Å². The normalized spacial score (nSPS) is 10.1. The molecule has 0 fully saturated rings. The van der Waals surface area contributed by atoms with Crippen LogP contribution >= 0.6 is 11.6 Å². The van der Waals surface area contributed by atoms with Crippen LogP contribution in [0.1, 0.15) is 22.8 Å². The van der Waals surface area contributed by atoms with Gasteiger partial charge in [0.1, 0.15) is 12.4 Å². The summed E-state index contributed by atoms with van der Waals surface area (Å²) in [6.45, 7) is 1.95. The largest absolute Gasteiger partial charge is 0.487 e. The van der Waals surface area contributed by atoms with E-state index in [1.165, 1.54) is 6.92 Å². The van der Waals surface area contributed by atoms with Crippen molar-refractivity contribution >= 4 is 17.4 Å². The van der Waals surface area contributed by atoms with Gasteiger partial charge in [0.2, 0.25) is 0 Å². The molecule has 0 aliphatic heterocycles. The molecule has 0 radical (unpaired) electrons. The molecule has 0 saturated carbocycles. The van der Waals surface area contributed by atoms with Crippen LogP contribution in [0.3, 0.4) is 0 Å². The first-order valence-corrected chi connectivity index (χ1v) is 6.02. The summed E-state index contributed by atoms with van der Waals surface area (Å²) < 4.78 is 5.63. The summed E-state index contributed by atoms with van der Waals surface area (Å²) in [5.74, 6) is 0.532. The standard InChI is InChI=1S/C15H13ClO2/c1-11(17)13-7-8-14(16)15(9-13)18-10-12-5-3-2-4-6-12/h2-9H,10H2,1H3. The zero-order chi connectivity index (χ0) is 13.0. The van der Waals surface area contributed by atoms with Gasteiger partial charge in [0.25, 0.3) is 0 Å². The average Bonchev–Trinajstić information content (AvgIpc) is 2.38. The molecule has 0 N–H and O–H groups in total. The first kappa shape index (κ1) is 12.7. The van der Waals surface area contributed by atoms with Gasteiger partial charge in [-0.05, 0) is 30.7 Å². The zero-order valence-corrected chi connectivity index (χ0v) is 10.8. The SMILES string of the molecule is CC(=O)c1ccc(Cl)c(OCc2ccccc2)c1. The highest BCUT2D eigenvalue weighted by Crippen LogP contribution is 2.26. The fourth-order valence-electron chi connectivity index (χ4n) is 1.57. The van der Waals surface area contributed by atoms with Crippen LogP contribution in [0.4, 0.5) is 0 Å². The minimum atomic E-state index is -0.00349. The third-order valence-corrected chi connectivity index (χ3v) is 2.89. The smallest absolute Gasteiger partial charge is 0.159 e. The second-order valence-corrected chi connectivity index (χ2v) is 4.38. The van der Waals surface area contributed by atoms with Crippen LogP contribution in [0, 0.1) is 0 Å². The molecule has 0 aliphatic carbocycles. The lowest BCUT2D eigenvalue weighted by Gasteiger charge is -2.09. The number of ether oxygens (including phenoxy) is 1. The Kier molecular flexibility index (Phi) is 4.00. The van der Waals surface area contributed by atoms with E-state index in [-0.39, 0.29) is 5.78 Å². The minimum Gasteiger partial charge on any atom is -0.487 e. The van der Waals surface area contributed by atoms with Crippen LogP contribution in [-0.2, 0) is 6.61 Å². The predicted octanol–water partition coefficient (Wildman–Crippen LogP) is 4.12. The molecule has 18 heavy (non-hydrogen) atoms. The predicted molar refractivity (Wildman–Crippen MR) is 72.2 cm³/mol. The molecular formula is C15H13ClO2. The topological polar surface area (TPSA) is 26.3 Å². The molecule has 92 valence electrons. The van der Waals surface area contributed by atoms with E-state index in [0.717, 1.165) is 5.56 Å². The van der Waals surface area contributed by atoms with Crippen molar-refractivity contribution in [3.8, 4) is 5.75 Å². The average molecular weight is 261 g/mol. The highest BCUT2D eigenvalue weighted by molar-refractivity contribution is 6.32. The van der Waals surface area contributed by atoms with E-state index >= 15 is 0 Å². The Morgan fingerprint density at radius 3 is 2.56 bits per heavy atom. The molecule has 2 nitrogen and oxygen atoms in total. The Balaban J connectivity index is 2.14. The quantitative estimate of drug-likeness (QED) is 0.773. The first-order chi connectivity index (χ1) is 8.66. The summed E-state index contributed by atoms with van der Waals surface area (Å²) in [5.41, 5.74) is 1.66. The molecular weight excluding hydrogens is 248 g/mol. The van der Waals surface area contributed by atoms with E-state index in [1.54, 1.807) is 18.2 Å². The number of Topliss-reactive ketones (excluding diaryl/α,β-unsaturated/α-hetero) is 1. The number of halogens is 1. The Morgan fingerprint density at radius 1 is 1.17 bits per heavy atom. The minimum absolute atomic E-state index is 0.00349. The molecule has 0 spiro atoms. The highest BCUT2D eigenvalue weighted by Gasteiger charge is 2.06. The summed E-state index contributed by atoms with van der Waals surface area (Å²) in [4.78, 5) is 11.3. The lowest BCUT2D eigenvalue weighted by molar-refractivity contribution is 0.101. The zero-order valence-electron chi connectivity index (χ0n) is 10.0. The Morgan fingerprint density at radius 2 is 1.89 bits per heavy atom. The van der Waals surface area contributed by atoms with Gasteiger partial charge in [-0.2, -0.15) is 0 Å². The summed E-state index contributed by atoms with van der Waals surface area (Å²) in [6.07, 6.45) is 0. The van der Waals surface area contributed by atoms with Gasteiger partial charge in [-0.15, -0.1) is 0 Å². The molecule has 0 saturated heterocycles. The van der Waals surface area contributed by atoms with Gasteiger partial charge in [-0.25, -0.2) is 0 Å². The molecule has 0 atom stereocenters. The summed E-state index contributed by atoms with van der Waals surface area (Å²) in [5, 5.41) is 0.510. The van der Waals surface area contributed by atoms with E-state index in [1.807, 2.05) is 30.3 Å². The van der Waals surface area contributed by atoms with Crippen molar-refractivity contribution in [1.29, 1.82) is 0 Å². The van der Waals surface area contributed by atoms with Crippen molar-refractivity contribution in [1.82, 2.24) is 0 Å². The van der Waals surface area contributed by atoms with Crippen LogP contribution < -0.4 is 4.74 Å². The highest BCUT2D eigenvalue weighted by atomic mass is 35.5. The van der Waals surface area contributed by atoms with Gasteiger partial charge in [0.05, 0.1) is 5.02 Å². The van der Waals surface area contributed by atoms with Gasteiger partial charge < -0.3 is 4.74 Å². The molecule has 3 heteroatoms. The monoisotopic (exact) mass is 260 g/mol. The van der Waals surface area contributed by atoms with E-state index in [2.05, 4.69) is 0 Å². The van der Waals surface area contributed by atoms with E-state index < -0.39 is 0 Å².